The van der Waals surface area contributed by atoms with Crippen LogP contribution in [0.2, 0.25) is 0 Å². The van der Waals surface area contributed by atoms with E-state index in [2.05, 4.69) is 68.0 Å². The van der Waals surface area contributed by atoms with Crippen LogP contribution in [-0.4, -0.2) is 95.8 Å². The zero-order valence-electron chi connectivity index (χ0n) is 49.6. The first-order valence-corrected chi connectivity index (χ1v) is 29.5. The highest BCUT2D eigenvalue weighted by Gasteiger charge is 2.34. The van der Waals surface area contributed by atoms with E-state index in [4.69, 9.17) is 51.6 Å². The summed E-state index contributed by atoms with van der Waals surface area (Å²) in [7, 11) is 0. The number of H-pyrrole nitrogens is 2. The van der Waals surface area contributed by atoms with Gasteiger partial charge in [0.05, 0.1) is 69.6 Å². The van der Waals surface area contributed by atoms with E-state index in [0.717, 1.165) is 102 Å². The fourth-order valence-electron chi connectivity index (χ4n) is 12.3. The van der Waals surface area contributed by atoms with Crippen molar-refractivity contribution in [3.63, 3.8) is 0 Å². The number of para-hydroxylation sites is 3. The Balaban J connectivity index is 0.000000117. The molecule has 1 fully saturated rings. The standard InChI is InChI=1S/C18H20N4O.2C16H14N6O.C16H19N5O/c19-17-15(18(20)23)9-14-12-6-2-1-5-11(12)13(16(14)22-17)8-10-4-3-7-21-10;17-14-12(15(18)23)5-11-10-3-1-2-4-13(10)22(16(11)21-14)7-9-6-19-8-20-9;17-14-11(15(18)23)7-10-9-3-1-2-4-12(9)22(16(10)21-14)8-13-19-5-6-20-13;1-2-9(17)8-21-13-6-4-3-5-10(13)11-7-12(15(19)22)14(18)20-16(11)21/h1-2,5-6,9-10,13,21H,3-4,7-8H2,(H2,19,22)(H2,20,23);1-6,8H,7H2,(H2,17,21)(H2,18,23)(H,19,20);1-7H,8H2,(H2,17,21)(H2,18,23)(H,19,20);3-7,9H,2,8,17H2,1H3,(H2,18,20)(H2,19,22). The number of fused-ring (bicyclic) bond motifs is 12. The number of hydrogen-bond donors (Lipinski definition) is 12. The lowest BCUT2D eigenvalue weighted by molar-refractivity contribution is 0.0992. The molecule has 0 spiro atoms. The van der Waals surface area contributed by atoms with E-state index in [1.165, 1.54) is 18.4 Å². The number of nitrogen functional groups attached to an aromatic ring is 4. The topological polar surface area (TPSA) is 438 Å². The van der Waals surface area contributed by atoms with Crippen molar-refractivity contribution in [3.8, 4) is 11.1 Å². The Morgan fingerprint density at radius 1 is 0.571 bits per heavy atom. The van der Waals surface area contributed by atoms with Crippen LogP contribution in [0.1, 0.15) is 103 Å². The number of pyridine rings is 4. The third-order valence-corrected chi connectivity index (χ3v) is 16.8. The molecule has 460 valence electrons. The second-order valence-corrected chi connectivity index (χ2v) is 22.5. The quantitative estimate of drug-likeness (QED) is 0.0558. The SMILES string of the molecule is CCC(N)Cn1c2ccccc2c2cc(C(N)=O)c(N)nc21.NC(=O)c1cc2c(nc1N)C(CC1CCCN1)c1ccccc1-2.NC(=O)c1cc2c3ccccc3n(Cc3cnc[nH]3)c2nc1N.NC(=O)c1cc2c3ccccc3n(Cc3ncc[nH]3)c2nc1N. The summed E-state index contributed by atoms with van der Waals surface area (Å²) in [5.41, 5.74) is 62.9. The second-order valence-electron chi connectivity index (χ2n) is 22.5. The van der Waals surface area contributed by atoms with Crippen molar-refractivity contribution in [3.05, 3.63) is 191 Å². The number of hydrogen-bond acceptors (Lipinski definition) is 16. The molecular formula is C66H67N21O4. The van der Waals surface area contributed by atoms with Gasteiger partial charge in [-0.05, 0) is 85.8 Å². The number of imidazole rings is 2. The lowest BCUT2D eigenvalue weighted by Gasteiger charge is -2.18. The molecule has 1 saturated heterocycles. The molecule has 1 aliphatic heterocycles. The minimum absolute atomic E-state index is 0.0258. The van der Waals surface area contributed by atoms with E-state index in [1.54, 1.807) is 49.2 Å². The number of amides is 4. The highest BCUT2D eigenvalue weighted by Crippen LogP contribution is 2.47. The fourth-order valence-corrected chi connectivity index (χ4v) is 12.3. The highest BCUT2D eigenvalue weighted by molar-refractivity contribution is 6.13. The molecule has 9 aromatic heterocycles. The van der Waals surface area contributed by atoms with Crippen molar-refractivity contribution in [1.82, 2.24) is 58.9 Å². The van der Waals surface area contributed by atoms with Crippen LogP contribution < -0.4 is 56.9 Å². The zero-order valence-corrected chi connectivity index (χ0v) is 49.6. The average molecular weight is 1220 g/mol. The summed E-state index contributed by atoms with van der Waals surface area (Å²) in [4.78, 5) is 78.5. The first kappa shape index (κ1) is 59.6. The van der Waals surface area contributed by atoms with Crippen LogP contribution in [0.3, 0.4) is 0 Å². The Labute approximate surface area is 519 Å². The van der Waals surface area contributed by atoms with Gasteiger partial charge in [0.25, 0.3) is 23.6 Å². The van der Waals surface area contributed by atoms with Crippen LogP contribution in [0.5, 0.6) is 0 Å². The zero-order chi connectivity index (χ0) is 63.8. The number of nitrogens with one attached hydrogen (secondary N) is 3. The minimum atomic E-state index is -0.584. The molecule has 3 atom stereocenters. The van der Waals surface area contributed by atoms with Gasteiger partial charge in [0.15, 0.2) is 0 Å². The molecule has 0 bridgehead atoms. The van der Waals surface area contributed by atoms with Crippen LogP contribution in [0, 0.1) is 0 Å². The van der Waals surface area contributed by atoms with Gasteiger partial charge in [0.2, 0.25) is 0 Å². The molecule has 25 heteroatoms. The van der Waals surface area contributed by atoms with E-state index >= 15 is 0 Å². The summed E-state index contributed by atoms with van der Waals surface area (Å²) < 4.78 is 6.11. The first-order valence-electron chi connectivity index (χ1n) is 29.5. The molecule has 25 nitrogen and oxygen atoms in total. The maximum atomic E-state index is 11.6. The number of anilines is 4. The normalized spacial score (nSPS) is 14.4. The van der Waals surface area contributed by atoms with Crippen molar-refractivity contribution in [2.75, 3.05) is 29.5 Å². The lowest BCUT2D eigenvalue weighted by atomic mass is 9.92. The summed E-state index contributed by atoms with van der Waals surface area (Å²) in [6.07, 6.45) is 11.2. The third-order valence-electron chi connectivity index (χ3n) is 16.8. The van der Waals surface area contributed by atoms with Gasteiger partial charge in [0.1, 0.15) is 46.0 Å². The molecule has 21 N–H and O–H groups in total. The van der Waals surface area contributed by atoms with Crippen LogP contribution in [-0.2, 0) is 19.6 Å². The molecule has 4 amide bonds. The number of benzene rings is 4. The molecule has 3 unspecified atom stereocenters. The van der Waals surface area contributed by atoms with Gasteiger partial charge in [-0.1, -0.05) is 85.8 Å². The van der Waals surface area contributed by atoms with Gasteiger partial charge < -0.3 is 80.6 Å². The lowest BCUT2D eigenvalue weighted by Crippen LogP contribution is -2.25. The smallest absolute Gasteiger partial charge is 0.252 e. The van der Waals surface area contributed by atoms with Gasteiger partial charge in [-0.25, -0.2) is 29.9 Å². The van der Waals surface area contributed by atoms with Crippen molar-refractivity contribution < 1.29 is 19.2 Å². The summed E-state index contributed by atoms with van der Waals surface area (Å²) >= 11 is 0. The molecule has 13 aromatic rings. The minimum Gasteiger partial charge on any atom is -0.383 e. The van der Waals surface area contributed by atoms with E-state index < -0.39 is 23.6 Å². The van der Waals surface area contributed by atoms with Crippen molar-refractivity contribution in [2.24, 2.45) is 28.7 Å². The van der Waals surface area contributed by atoms with Crippen LogP contribution >= 0.6 is 0 Å². The molecule has 0 saturated carbocycles. The predicted molar refractivity (Wildman–Crippen MR) is 354 cm³/mol. The summed E-state index contributed by atoms with van der Waals surface area (Å²) in [6.45, 7) is 4.88. The molecule has 2 aliphatic rings. The van der Waals surface area contributed by atoms with E-state index in [9.17, 15) is 19.2 Å². The molecular weight excluding hydrogens is 1150 g/mol. The summed E-state index contributed by atoms with van der Waals surface area (Å²) in [5, 5.41) is 9.11. The van der Waals surface area contributed by atoms with Crippen LogP contribution in [0.25, 0.3) is 76.9 Å². The average Bonchev–Trinajstić information content (AvgIpc) is 1.64. The Morgan fingerprint density at radius 3 is 1.54 bits per heavy atom. The van der Waals surface area contributed by atoms with Crippen molar-refractivity contribution in [2.45, 2.75) is 70.2 Å². The molecule has 1 aliphatic carbocycles. The largest absolute Gasteiger partial charge is 0.383 e. The molecule has 15 rings (SSSR count). The van der Waals surface area contributed by atoms with Crippen molar-refractivity contribution in [1.29, 1.82) is 0 Å². The molecule has 4 aromatic carbocycles. The molecule has 10 heterocycles. The molecule has 0 radical (unpaired) electrons. The van der Waals surface area contributed by atoms with Gasteiger partial charge in [-0.2, -0.15) is 0 Å². The number of carbonyl (C=O) groups excluding carboxylic acids is 4. The maximum Gasteiger partial charge on any atom is 0.252 e. The monoisotopic (exact) mass is 1220 g/mol. The van der Waals surface area contributed by atoms with E-state index in [1.807, 2.05) is 94.9 Å². The fraction of sp³-hybridized carbons (Fsp3) is 0.182. The Hall–Kier alpha value is -11.7. The van der Waals surface area contributed by atoms with Gasteiger partial charge in [0, 0.05) is 81.0 Å². The number of nitrogens with zero attached hydrogens (tertiary/aromatic N) is 9. The Morgan fingerprint density at radius 2 is 1.05 bits per heavy atom. The summed E-state index contributed by atoms with van der Waals surface area (Å²) in [6, 6.07) is 39.5. The first-order chi connectivity index (χ1) is 44.0. The predicted octanol–water partition coefficient (Wildman–Crippen LogP) is 6.91. The number of primary amides is 4. The maximum absolute atomic E-state index is 11.6. The Kier molecular flexibility index (Phi) is 16.3. The number of aromatic nitrogens is 11. The summed E-state index contributed by atoms with van der Waals surface area (Å²) in [5.74, 6) is -0.588. The molecule has 91 heavy (non-hydrogen) atoms. The van der Waals surface area contributed by atoms with Gasteiger partial charge in [-0.15, -0.1) is 0 Å². The van der Waals surface area contributed by atoms with Crippen molar-refractivity contribution >= 4 is 113 Å². The van der Waals surface area contributed by atoms with Gasteiger partial charge in [-0.3, -0.25) is 19.2 Å². The second kappa shape index (κ2) is 24.8. The number of carbonyl (C=O) groups is 4. The van der Waals surface area contributed by atoms with Gasteiger partial charge >= 0.3 is 0 Å². The van der Waals surface area contributed by atoms with Crippen LogP contribution in [0.4, 0.5) is 23.3 Å². The number of nitrogens with two attached hydrogens (primary N) is 9. The van der Waals surface area contributed by atoms with Crippen LogP contribution in [0.15, 0.2) is 146 Å². The number of aromatic amines is 2. The highest BCUT2D eigenvalue weighted by atomic mass is 16.2. The van der Waals surface area contributed by atoms with E-state index in [-0.39, 0.29) is 51.9 Å². The third kappa shape index (κ3) is 11.5. The Bertz CT molecular complexity index is 4780. The van der Waals surface area contributed by atoms with E-state index in [0.29, 0.717) is 42.5 Å². The number of rotatable bonds is 13.